The van der Waals surface area contributed by atoms with E-state index in [-0.39, 0.29) is 11.9 Å². The molecule has 3 rings (SSSR count). The molecule has 1 aromatic heterocycles. The summed E-state index contributed by atoms with van der Waals surface area (Å²) in [5.41, 5.74) is 1.06. The summed E-state index contributed by atoms with van der Waals surface area (Å²) in [6.07, 6.45) is 0. The number of hydrogen-bond donors (Lipinski definition) is 0. The average molecular weight is 319 g/mol. The summed E-state index contributed by atoms with van der Waals surface area (Å²) in [5.74, 6) is 1.15. The fourth-order valence-electron chi connectivity index (χ4n) is 2.59. The molecule has 2 aromatic rings. The predicted molar refractivity (Wildman–Crippen MR) is 87.2 cm³/mol. The molecule has 0 radical (unpaired) electrons. The van der Waals surface area contributed by atoms with Crippen LogP contribution in [0.1, 0.15) is 26.2 Å². The van der Waals surface area contributed by atoms with E-state index in [0.717, 1.165) is 15.3 Å². The minimum atomic E-state index is -0.850. The molecule has 0 spiro atoms. The summed E-state index contributed by atoms with van der Waals surface area (Å²) >= 11 is 1.52. The van der Waals surface area contributed by atoms with Crippen molar-refractivity contribution < 1.29 is 9.00 Å². The highest BCUT2D eigenvalue weighted by Gasteiger charge is 2.32. The van der Waals surface area contributed by atoms with Crippen LogP contribution < -0.4 is 0 Å². The maximum Gasteiger partial charge on any atom is 0.264 e. The number of hydrogen-bond acceptors (Lipinski definition) is 3. The monoisotopic (exact) mass is 319 g/mol. The van der Waals surface area contributed by atoms with Gasteiger partial charge >= 0.3 is 0 Å². The van der Waals surface area contributed by atoms with Crippen molar-refractivity contribution in [2.45, 2.75) is 13.0 Å². The zero-order valence-corrected chi connectivity index (χ0v) is 13.5. The predicted octanol–water partition coefficient (Wildman–Crippen LogP) is 3.00. The first-order valence-electron chi connectivity index (χ1n) is 6.92. The van der Waals surface area contributed by atoms with Crippen molar-refractivity contribution in [3.8, 4) is 0 Å². The number of rotatable bonds is 2. The zero-order valence-electron chi connectivity index (χ0n) is 11.8. The van der Waals surface area contributed by atoms with Crippen LogP contribution in [0.15, 0.2) is 42.5 Å². The third kappa shape index (κ3) is 3.09. The van der Waals surface area contributed by atoms with Crippen LogP contribution in [0, 0.1) is 6.92 Å². The van der Waals surface area contributed by atoms with Crippen LogP contribution in [-0.2, 0) is 10.8 Å². The molecule has 1 aliphatic rings. The summed E-state index contributed by atoms with van der Waals surface area (Å²) in [6, 6.07) is 13.7. The van der Waals surface area contributed by atoms with Crippen LogP contribution in [-0.4, -0.2) is 33.1 Å². The summed E-state index contributed by atoms with van der Waals surface area (Å²) < 4.78 is 11.9. The van der Waals surface area contributed by atoms with E-state index in [1.54, 1.807) is 0 Å². The third-order valence-corrected chi connectivity index (χ3v) is 5.99. The van der Waals surface area contributed by atoms with Gasteiger partial charge in [0.15, 0.2) is 0 Å². The Morgan fingerprint density at radius 3 is 2.67 bits per heavy atom. The lowest BCUT2D eigenvalue weighted by Gasteiger charge is -2.35. The molecule has 1 fully saturated rings. The molecule has 2 heterocycles. The van der Waals surface area contributed by atoms with Crippen molar-refractivity contribution in [3.63, 3.8) is 0 Å². The largest absolute Gasteiger partial charge is 0.329 e. The molecule has 21 heavy (non-hydrogen) atoms. The number of carbonyl (C=O) groups excluding carboxylic acids is 1. The number of thiophene rings is 1. The van der Waals surface area contributed by atoms with Crippen molar-refractivity contribution in [1.82, 2.24) is 4.90 Å². The van der Waals surface area contributed by atoms with Crippen LogP contribution in [0.4, 0.5) is 0 Å². The number of aryl methyl sites for hydroxylation is 1. The van der Waals surface area contributed by atoms with E-state index in [2.05, 4.69) is 0 Å². The number of carbonyl (C=O) groups is 1. The second-order valence-corrected chi connectivity index (χ2v) is 8.06. The van der Waals surface area contributed by atoms with Crippen LogP contribution in [0.25, 0.3) is 0 Å². The van der Waals surface area contributed by atoms with Gasteiger partial charge < -0.3 is 4.90 Å². The highest BCUT2D eigenvalue weighted by molar-refractivity contribution is 7.85. The van der Waals surface area contributed by atoms with Gasteiger partial charge in [0.2, 0.25) is 0 Å². The average Bonchev–Trinajstić information content (AvgIpc) is 2.94. The van der Waals surface area contributed by atoms with Gasteiger partial charge in [-0.15, -0.1) is 11.3 Å². The maximum absolute atomic E-state index is 12.7. The van der Waals surface area contributed by atoms with Crippen molar-refractivity contribution in [1.29, 1.82) is 0 Å². The second-order valence-electron chi connectivity index (χ2n) is 5.15. The molecule has 1 saturated heterocycles. The van der Waals surface area contributed by atoms with Gasteiger partial charge in [-0.3, -0.25) is 9.00 Å². The Kier molecular flexibility index (Phi) is 4.22. The van der Waals surface area contributed by atoms with Gasteiger partial charge in [0.05, 0.1) is 10.9 Å². The lowest BCUT2D eigenvalue weighted by atomic mass is 10.1. The topological polar surface area (TPSA) is 37.4 Å². The Morgan fingerprint density at radius 2 is 2.00 bits per heavy atom. The first-order valence-corrected chi connectivity index (χ1v) is 9.23. The van der Waals surface area contributed by atoms with Crippen LogP contribution >= 0.6 is 11.3 Å². The SMILES string of the molecule is Cc1ccc(C(=O)N2CC[S@](=O)C[C@H]2c2ccccc2)s1. The number of nitrogens with zero attached hydrogens (tertiary/aromatic N) is 1. The van der Waals surface area contributed by atoms with E-state index >= 15 is 0 Å². The van der Waals surface area contributed by atoms with Gasteiger partial charge in [-0.1, -0.05) is 30.3 Å². The summed E-state index contributed by atoms with van der Waals surface area (Å²) in [6.45, 7) is 2.56. The molecule has 1 aliphatic heterocycles. The third-order valence-electron chi connectivity index (χ3n) is 3.68. The van der Waals surface area contributed by atoms with Gasteiger partial charge in [0.1, 0.15) is 0 Å². The van der Waals surface area contributed by atoms with Crippen molar-refractivity contribution in [2.24, 2.45) is 0 Å². The fraction of sp³-hybridized carbons (Fsp3) is 0.312. The standard InChI is InChI=1S/C16H17NO2S2/c1-12-7-8-15(20-12)16(18)17-9-10-21(19)11-14(17)13-5-3-2-4-6-13/h2-8,14H,9-11H2,1H3/t14-,21-/m0/s1. The Hall–Kier alpha value is -1.46. The normalized spacial score (nSPS) is 22.2. The van der Waals surface area contributed by atoms with Gasteiger partial charge in [0.25, 0.3) is 5.91 Å². The highest BCUT2D eigenvalue weighted by Crippen LogP contribution is 2.28. The molecule has 5 heteroatoms. The van der Waals surface area contributed by atoms with Gasteiger partial charge in [-0.2, -0.15) is 0 Å². The van der Waals surface area contributed by atoms with Crippen molar-refractivity contribution in [3.05, 3.63) is 57.8 Å². The molecule has 0 aliphatic carbocycles. The summed E-state index contributed by atoms with van der Waals surface area (Å²) in [5, 5.41) is 0. The summed E-state index contributed by atoms with van der Waals surface area (Å²) in [7, 11) is -0.850. The van der Waals surface area contributed by atoms with Crippen LogP contribution in [0.2, 0.25) is 0 Å². The molecule has 0 bridgehead atoms. The smallest absolute Gasteiger partial charge is 0.264 e. The molecule has 0 saturated carbocycles. The molecule has 1 aromatic carbocycles. The van der Waals surface area contributed by atoms with Gasteiger partial charge in [-0.25, -0.2) is 0 Å². The first-order chi connectivity index (χ1) is 10.1. The van der Waals surface area contributed by atoms with E-state index in [1.807, 2.05) is 54.3 Å². The maximum atomic E-state index is 12.7. The highest BCUT2D eigenvalue weighted by atomic mass is 32.2. The van der Waals surface area contributed by atoms with E-state index in [0.29, 0.717) is 18.1 Å². The Bertz CT molecular complexity index is 666. The Morgan fingerprint density at radius 1 is 1.24 bits per heavy atom. The quantitative estimate of drug-likeness (QED) is 0.853. The van der Waals surface area contributed by atoms with Crippen LogP contribution in [0.5, 0.6) is 0 Å². The summed E-state index contributed by atoms with van der Waals surface area (Å²) in [4.78, 5) is 16.5. The van der Waals surface area contributed by atoms with E-state index in [1.165, 1.54) is 11.3 Å². The van der Waals surface area contributed by atoms with Crippen molar-refractivity contribution in [2.75, 3.05) is 18.1 Å². The molecule has 1 amide bonds. The Labute approximate surface area is 131 Å². The molecular weight excluding hydrogens is 302 g/mol. The minimum Gasteiger partial charge on any atom is -0.329 e. The first kappa shape index (κ1) is 14.5. The van der Waals surface area contributed by atoms with Gasteiger partial charge in [-0.05, 0) is 24.6 Å². The van der Waals surface area contributed by atoms with Crippen LogP contribution in [0.3, 0.4) is 0 Å². The molecule has 0 unspecified atom stereocenters. The van der Waals surface area contributed by atoms with Crippen molar-refractivity contribution >= 4 is 28.0 Å². The lowest BCUT2D eigenvalue weighted by molar-refractivity contribution is 0.0704. The van der Waals surface area contributed by atoms with E-state index < -0.39 is 10.8 Å². The molecule has 3 nitrogen and oxygen atoms in total. The number of benzene rings is 1. The van der Waals surface area contributed by atoms with E-state index in [4.69, 9.17) is 0 Å². The minimum absolute atomic E-state index is 0.0543. The fourth-order valence-corrected chi connectivity index (χ4v) is 4.71. The molecular formula is C16H17NO2S2. The zero-order chi connectivity index (χ0) is 14.8. The lowest BCUT2D eigenvalue weighted by Crippen LogP contribution is -2.44. The Balaban J connectivity index is 1.91. The molecule has 0 N–H and O–H groups in total. The van der Waals surface area contributed by atoms with E-state index in [9.17, 15) is 9.00 Å². The number of amides is 1. The van der Waals surface area contributed by atoms with Gasteiger partial charge in [0, 0.05) is 33.7 Å². The molecule has 2 atom stereocenters. The molecule has 110 valence electrons. The second kappa shape index (κ2) is 6.12.